The third kappa shape index (κ3) is 3.99. The summed E-state index contributed by atoms with van der Waals surface area (Å²) in [6, 6.07) is 18.0. The standard InChI is InChI=1S/C21H14F6/c22-20(23,24)16-12-7-13-17(21(25,26)27)19(16)18(14-8-3-1-4-9-14)15-10-5-2-6-11-15/h1-13,18H. The predicted octanol–water partition coefficient (Wildman–Crippen LogP) is 6.90. The third-order valence-electron chi connectivity index (χ3n) is 4.27. The van der Waals surface area contributed by atoms with Gasteiger partial charge in [-0.1, -0.05) is 66.7 Å². The predicted molar refractivity (Wildman–Crippen MR) is 90.3 cm³/mol. The molecular weight excluding hydrogens is 366 g/mol. The van der Waals surface area contributed by atoms with Crippen LogP contribution < -0.4 is 0 Å². The molecule has 0 heterocycles. The molecule has 140 valence electrons. The summed E-state index contributed by atoms with van der Waals surface area (Å²) in [5.74, 6) is -1.21. The Morgan fingerprint density at radius 1 is 0.481 bits per heavy atom. The Hall–Kier alpha value is -2.76. The summed E-state index contributed by atoms with van der Waals surface area (Å²) in [6.07, 6.45) is -9.84. The van der Waals surface area contributed by atoms with Gasteiger partial charge in [0.15, 0.2) is 0 Å². The number of rotatable bonds is 3. The minimum absolute atomic E-state index is 0.353. The van der Waals surface area contributed by atoms with E-state index in [2.05, 4.69) is 0 Å². The van der Waals surface area contributed by atoms with Crippen LogP contribution in [0, 0.1) is 0 Å². The SMILES string of the molecule is FC(F)(F)c1cccc(C(F)(F)F)c1C(c1ccccc1)c1ccccc1. The third-order valence-corrected chi connectivity index (χ3v) is 4.27. The fourth-order valence-electron chi connectivity index (χ4n) is 3.19. The van der Waals surface area contributed by atoms with E-state index in [-0.39, 0.29) is 0 Å². The Morgan fingerprint density at radius 3 is 1.19 bits per heavy atom. The van der Waals surface area contributed by atoms with E-state index in [1.54, 1.807) is 36.4 Å². The van der Waals surface area contributed by atoms with Gasteiger partial charge in [0.1, 0.15) is 0 Å². The highest BCUT2D eigenvalue weighted by Gasteiger charge is 2.43. The zero-order chi connectivity index (χ0) is 19.7. The highest BCUT2D eigenvalue weighted by atomic mass is 19.4. The van der Waals surface area contributed by atoms with Crippen LogP contribution in [0.4, 0.5) is 26.3 Å². The van der Waals surface area contributed by atoms with Gasteiger partial charge in [-0.05, 0) is 28.8 Å². The second kappa shape index (κ2) is 7.10. The molecule has 0 unspecified atom stereocenters. The molecule has 0 saturated heterocycles. The van der Waals surface area contributed by atoms with Crippen molar-refractivity contribution < 1.29 is 26.3 Å². The second-order valence-corrected chi connectivity index (χ2v) is 6.02. The number of benzene rings is 3. The van der Waals surface area contributed by atoms with Gasteiger partial charge in [-0.15, -0.1) is 0 Å². The molecule has 0 aliphatic rings. The fraction of sp³-hybridized carbons (Fsp3) is 0.143. The molecule has 0 aliphatic carbocycles. The molecule has 6 heteroatoms. The molecular formula is C21H14F6. The minimum Gasteiger partial charge on any atom is -0.166 e. The molecule has 3 aromatic carbocycles. The summed E-state index contributed by atoms with van der Waals surface area (Å²) in [5.41, 5.74) is -2.64. The van der Waals surface area contributed by atoms with E-state index in [0.29, 0.717) is 23.3 Å². The van der Waals surface area contributed by atoms with Crippen LogP contribution in [0.15, 0.2) is 78.9 Å². The molecule has 3 aromatic rings. The molecule has 0 saturated carbocycles. The molecule has 0 aromatic heterocycles. The lowest BCUT2D eigenvalue weighted by Gasteiger charge is -2.26. The molecule has 0 atom stereocenters. The van der Waals surface area contributed by atoms with Crippen LogP contribution in [0.25, 0.3) is 0 Å². The summed E-state index contributed by atoms with van der Waals surface area (Å²) in [7, 11) is 0. The van der Waals surface area contributed by atoms with E-state index < -0.39 is 35.0 Å². The van der Waals surface area contributed by atoms with Crippen molar-refractivity contribution in [1.29, 1.82) is 0 Å². The highest BCUT2D eigenvalue weighted by molar-refractivity contribution is 5.51. The number of halogens is 6. The zero-order valence-corrected chi connectivity index (χ0v) is 13.9. The van der Waals surface area contributed by atoms with Gasteiger partial charge < -0.3 is 0 Å². The van der Waals surface area contributed by atoms with Crippen molar-refractivity contribution in [3.05, 3.63) is 107 Å². The van der Waals surface area contributed by atoms with E-state index in [4.69, 9.17) is 0 Å². The Morgan fingerprint density at radius 2 is 0.852 bits per heavy atom. The summed E-state index contributed by atoms with van der Waals surface area (Å²) >= 11 is 0. The molecule has 0 bridgehead atoms. The lowest BCUT2D eigenvalue weighted by atomic mass is 9.80. The van der Waals surface area contributed by atoms with Gasteiger partial charge in [-0.3, -0.25) is 0 Å². The second-order valence-electron chi connectivity index (χ2n) is 6.02. The van der Waals surface area contributed by atoms with Crippen LogP contribution >= 0.6 is 0 Å². The van der Waals surface area contributed by atoms with Crippen LogP contribution in [0.3, 0.4) is 0 Å². The first-order valence-corrected chi connectivity index (χ1v) is 8.07. The molecule has 27 heavy (non-hydrogen) atoms. The van der Waals surface area contributed by atoms with E-state index in [1.807, 2.05) is 0 Å². The molecule has 0 nitrogen and oxygen atoms in total. The Kier molecular flexibility index (Phi) is 5.00. The Labute approximate surface area is 152 Å². The van der Waals surface area contributed by atoms with Crippen molar-refractivity contribution in [2.75, 3.05) is 0 Å². The lowest BCUT2D eigenvalue weighted by molar-refractivity contribution is -0.144. The Balaban J connectivity index is 2.39. The van der Waals surface area contributed by atoms with Crippen molar-refractivity contribution in [3.8, 4) is 0 Å². The number of alkyl halides is 6. The number of hydrogen-bond acceptors (Lipinski definition) is 0. The maximum Gasteiger partial charge on any atom is 0.416 e. The average molecular weight is 380 g/mol. The lowest BCUT2D eigenvalue weighted by Crippen LogP contribution is -2.20. The van der Waals surface area contributed by atoms with Crippen LogP contribution in [0.2, 0.25) is 0 Å². The van der Waals surface area contributed by atoms with E-state index in [0.717, 1.165) is 6.07 Å². The van der Waals surface area contributed by atoms with Crippen LogP contribution in [-0.4, -0.2) is 0 Å². The van der Waals surface area contributed by atoms with Crippen LogP contribution in [-0.2, 0) is 12.4 Å². The fourth-order valence-corrected chi connectivity index (χ4v) is 3.19. The Bertz CT molecular complexity index is 824. The van der Waals surface area contributed by atoms with Crippen molar-refractivity contribution in [2.24, 2.45) is 0 Å². The maximum absolute atomic E-state index is 13.6. The zero-order valence-electron chi connectivity index (χ0n) is 13.9. The van der Waals surface area contributed by atoms with Gasteiger partial charge in [0.25, 0.3) is 0 Å². The average Bonchev–Trinajstić information content (AvgIpc) is 2.62. The number of hydrogen-bond donors (Lipinski definition) is 0. The van der Waals surface area contributed by atoms with E-state index in [1.165, 1.54) is 24.3 Å². The normalized spacial score (nSPS) is 12.4. The molecule has 0 fully saturated rings. The highest BCUT2D eigenvalue weighted by Crippen LogP contribution is 2.46. The molecule has 0 amide bonds. The monoisotopic (exact) mass is 380 g/mol. The quantitative estimate of drug-likeness (QED) is 0.342. The van der Waals surface area contributed by atoms with Gasteiger partial charge in [-0.25, -0.2) is 0 Å². The van der Waals surface area contributed by atoms with Crippen molar-refractivity contribution >= 4 is 0 Å². The summed E-state index contributed by atoms with van der Waals surface area (Å²) < 4.78 is 81.8. The molecule has 3 rings (SSSR count). The largest absolute Gasteiger partial charge is 0.416 e. The summed E-state index contributed by atoms with van der Waals surface area (Å²) in [6.45, 7) is 0. The smallest absolute Gasteiger partial charge is 0.166 e. The van der Waals surface area contributed by atoms with Crippen LogP contribution in [0.5, 0.6) is 0 Å². The van der Waals surface area contributed by atoms with Crippen molar-refractivity contribution in [2.45, 2.75) is 18.3 Å². The van der Waals surface area contributed by atoms with Crippen molar-refractivity contribution in [1.82, 2.24) is 0 Å². The van der Waals surface area contributed by atoms with Gasteiger partial charge in [-0.2, -0.15) is 26.3 Å². The van der Waals surface area contributed by atoms with Crippen LogP contribution in [0.1, 0.15) is 33.7 Å². The topological polar surface area (TPSA) is 0 Å². The summed E-state index contributed by atoms with van der Waals surface area (Å²) in [5, 5.41) is 0. The minimum atomic E-state index is -4.92. The van der Waals surface area contributed by atoms with Gasteiger partial charge in [0.05, 0.1) is 11.1 Å². The first-order chi connectivity index (χ1) is 12.7. The molecule has 0 aliphatic heterocycles. The van der Waals surface area contributed by atoms with Gasteiger partial charge in [0.2, 0.25) is 0 Å². The van der Waals surface area contributed by atoms with Gasteiger partial charge >= 0.3 is 12.4 Å². The molecule has 0 spiro atoms. The van der Waals surface area contributed by atoms with E-state index >= 15 is 0 Å². The first-order valence-electron chi connectivity index (χ1n) is 8.07. The molecule has 0 N–H and O–H groups in total. The summed E-state index contributed by atoms with van der Waals surface area (Å²) in [4.78, 5) is 0. The maximum atomic E-state index is 13.6. The van der Waals surface area contributed by atoms with E-state index in [9.17, 15) is 26.3 Å². The molecule has 0 radical (unpaired) electrons. The first kappa shape index (κ1) is 19.0. The van der Waals surface area contributed by atoms with Gasteiger partial charge in [0, 0.05) is 5.92 Å². The van der Waals surface area contributed by atoms with Crippen molar-refractivity contribution in [3.63, 3.8) is 0 Å².